The first-order valence-corrected chi connectivity index (χ1v) is 11.0. The number of methoxy groups -OCH3 is 1. The summed E-state index contributed by atoms with van der Waals surface area (Å²) < 4.78 is 4.68. The van der Waals surface area contributed by atoms with Crippen LogP contribution in [0.2, 0.25) is 0 Å². The van der Waals surface area contributed by atoms with Crippen molar-refractivity contribution >= 4 is 17.4 Å². The molecule has 1 aliphatic rings. The molecule has 0 fully saturated rings. The summed E-state index contributed by atoms with van der Waals surface area (Å²) in [7, 11) is 1.22. The van der Waals surface area contributed by atoms with E-state index in [0.717, 1.165) is 18.4 Å². The smallest absolute Gasteiger partial charge is 0.360 e. The van der Waals surface area contributed by atoms with Gasteiger partial charge in [-0.3, -0.25) is 0 Å². The third-order valence-corrected chi connectivity index (χ3v) is 6.11. The van der Waals surface area contributed by atoms with Crippen molar-refractivity contribution < 1.29 is 24.7 Å². The molecule has 1 atom stereocenters. The number of phenolic OH excluding ortho intramolecular Hbond substituents is 1. The van der Waals surface area contributed by atoms with E-state index >= 15 is 0 Å². The fraction of sp³-hybridized carbons (Fsp3) is 0.222. The molecule has 0 saturated heterocycles. The van der Waals surface area contributed by atoms with Crippen LogP contribution in [0.15, 0.2) is 77.0 Å². The van der Waals surface area contributed by atoms with Crippen molar-refractivity contribution in [3.8, 4) is 5.75 Å². The molecule has 0 radical (unpaired) electrons. The van der Waals surface area contributed by atoms with E-state index in [1.807, 2.05) is 31.2 Å². The molecule has 0 heterocycles. The molecular weight excluding hydrogens is 432 g/mol. The maximum absolute atomic E-state index is 11.9. The zero-order chi connectivity index (χ0) is 24.1. The van der Waals surface area contributed by atoms with Crippen molar-refractivity contribution in [1.82, 2.24) is 0 Å². The Labute approximate surface area is 198 Å². The van der Waals surface area contributed by atoms with Gasteiger partial charge < -0.3 is 19.9 Å². The summed E-state index contributed by atoms with van der Waals surface area (Å²) in [6, 6.07) is 20.8. The van der Waals surface area contributed by atoms with Gasteiger partial charge in [-0.05, 0) is 54.2 Å². The summed E-state index contributed by atoms with van der Waals surface area (Å²) in [5.41, 5.74) is 6.23. The van der Waals surface area contributed by atoms with Gasteiger partial charge in [0.05, 0.1) is 12.8 Å². The summed E-state index contributed by atoms with van der Waals surface area (Å²) in [6.07, 6.45) is 1.99. The molecule has 1 unspecified atom stereocenters. The normalized spacial score (nSPS) is 15.6. The van der Waals surface area contributed by atoms with Gasteiger partial charge in [-0.25, -0.2) is 4.79 Å². The Morgan fingerprint density at radius 3 is 2.59 bits per heavy atom. The lowest BCUT2D eigenvalue weighted by atomic mass is 9.92. The summed E-state index contributed by atoms with van der Waals surface area (Å²) >= 11 is 0. The minimum Gasteiger partial charge on any atom is -0.508 e. The summed E-state index contributed by atoms with van der Waals surface area (Å²) in [5.74, 6) is -0.0994. The predicted molar refractivity (Wildman–Crippen MR) is 128 cm³/mol. The molecule has 0 aromatic heterocycles. The van der Waals surface area contributed by atoms with Crippen LogP contribution in [0, 0.1) is 0 Å². The average molecular weight is 459 g/mol. The molecule has 0 saturated carbocycles. The van der Waals surface area contributed by atoms with Crippen molar-refractivity contribution in [2.24, 2.45) is 10.3 Å². The molecule has 0 amide bonds. The van der Waals surface area contributed by atoms with E-state index in [1.165, 1.54) is 23.8 Å². The first-order valence-electron chi connectivity index (χ1n) is 11.0. The number of hydrogen-bond donors (Lipinski definition) is 2. The van der Waals surface area contributed by atoms with Crippen LogP contribution >= 0.6 is 0 Å². The number of nitrogens with zero attached hydrogens (tertiary/aromatic N) is 2. The van der Waals surface area contributed by atoms with Gasteiger partial charge in [0.15, 0.2) is 5.71 Å². The molecule has 4 rings (SSSR count). The second kappa shape index (κ2) is 10.2. The van der Waals surface area contributed by atoms with Crippen molar-refractivity contribution in [1.29, 1.82) is 0 Å². The van der Waals surface area contributed by atoms with Gasteiger partial charge in [-0.2, -0.15) is 0 Å². The van der Waals surface area contributed by atoms with Gasteiger partial charge >= 0.3 is 5.97 Å². The summed E-state index contributed by atoms with van der Waals surface area (Å²) in [6.45, 7) is 1.96. The predicted octanol–water partition coefficient (Wildman–Crippen LogP) is 4.76. The SMILES string of the molecule is COC(=O)/C(=N/O)c1ccccc1CO/N=C(\C)c1ccc(C2CCc3cc(O)ccc32)cc1. The molecule has 174 valence electrons. The monoisotopic (exact) mass is 458 g/mol. The highest BCUT2D eigenvalue weighted by Crippen LogP contribution is 2.39. The number of fused-ring (bicyclic) bond motifs is 1. The minimum atomic E-state index is -0.739. The van der Waals surface area contributed by atoms with Crippen LogP contribution in [-0.4, -0.2) is 34.8 Å². The Kier molecular flexibility index (Phi) is 6.92. The van der Waals surface area contributed by atoms with E-state index in [-0.39, 0.29) is 12.3 Å². The molecule has 1 aliphatic carbocycles. The standard InChI is InChI=1S/C27H26N2O5/c1-17(29-34-16-21-5-3-4-6-25(21)26(28-32)27(31)33-2)18-7-9-19(10-8-18)23-13-11-20-15-22(30)12-14-24(20)23/h3-10,12,14-15,23,30,32H,11,13,16H2,1-2H3/b28-26+,29-17+. The maximum atomic E-state index is 11.9. The van der Waals surface area contributed by atoms with Crippen molar-refractivity contribution in [3.63, 3.8) is 0 Å². The van der Waals surface area contributed by atoms with E-state index in [4.69, 9.17) is 4.84 Å². The third-order valence-electron chi connectivity index (χ3n) is 6.11. The molecule has 34 heavy (non-hydrogen) atoms. The number of hydrogen-bond acceptors (Lipinski definition) is 7. The molecule has 0 spiro atoms. The van der Waals surface area contributed by atoms with Crippen LogP contribution in [-0.2, 0) is 27.4 Å². The van der Waals surface area contributed by atoms with Crippen molar-refractivity contribution in [2.75, 3.05) is 7.11 Å². The maximum Gasteiger partial charge on any atom is 0.360 e. The molecule has 3 aromatic rings. The number of phenols is 1. The number of esters is 1. The van der Waals surface area contributed by atoms with Gasteiger partial charge in [-0.15, -0.1) is 0 Å². The molecule has 3 aromatic carbocycles. The number of rotatable bonds is 7. The number of aryl methyl sites for hydroxylation is 1. The highest BCUT2D eigenvalue weighted by molar-refractivity contribution is 6.43. The minimum absolute atomic E-state index is 0.0906. The zero-order valence-corrected chi connectivity index (χ0v) is 19.1. The number of carbonyl (C=O) groups excluding carboxylic acids is 1. The number of carbonyl (C=O) groups is 1. The topological polar surface area (TPSA) is 101 Å². The van der Waals surface area contributed by atoms with Crippen molar-refractivity contribution in [3.05, 3.63) is 100 Å². The highest BCUT2D eigenvalue weighted by atomic mass is 16.6. The summed E-state index contributed by atoms with van der Waals surface area (Å²) in [5, 5.41) is 26.3. The van der Waals surface area contributed by atoms with Crippen LogP contribution in [0.5, 0.6) is 5.75 Å². The van der Waals surface area contributed by atoms with Crippen LogP contribution in [0.4, 0.5) is 0 Å². The Balaban J connectivity index is 1.44. The van der Waals surface area contributed by atoms with E-state index < -0.39 is 5.97 Å². The van der Waals surface area contributed by atoms with Crippen LogP contribution in [0.3, 0.4) is 0 Å². The molecule has 0 aliphatic heterocycles. The van der Waals surface area contributed by atoms with Gasteiger partial charge in [-0.1, -0.05) is 64.9 Å². The Morgan fingerprint density at radius 2 is 1.85 bits per heavy atom. The largest absolute Gasteiger partial charge is 0.508 e. The second-order valence-electron chi connectivity index (χ2n) is 8.14. The van der Waals surface area contributed by atoms with E-state index in [2.05, 4.69) is 27.2 Å². The highest BCUT2D eigenvalue weighted by Gasteiger charge is 2.24. The lowest BCUT2D eigenvalue weighted by molar-refractivity contribution is -0.132. The zero-order valence-electron chi connectivity index (χ0n) is 19.1. The Bertz CT molecular complexity index is 1250. The van der Waals surface area contributed by atoms with E-state index in [0.29, 0.717) is 28.5 Å². The molecule has 7 heteroatoms. The number of oxime groups is 2. The van der Waals surface area contributed by atoms with E-state index in [1.54, 1.807) is 30.3 Å². The van der Waals surface area contributed by atoms with Crippen LogP contribution < -0.4 is 0 Å². The molecule has 0 bridgehead atoms. The quantitative estimate of drug-likeness (QED) is 0.230. The average Bonchev–Trinajstić information content (AvgIpc) is 3.28. The number of ether oxygens (including phenoxy) is 1. The Hall–Kier alpha value is -4.13. The van der Waals surface area contributed by atoms with Gasteiger partial charge in [0.1, 0.15) is 12.4 Å². The van der Waals surface area contributed by atoms with Gasteiger partial charge in [0.2, 0.25) is 0 Å². The van der Waals surface area contributed by atoms with Crippen LogP contribution in [0.1, 0.15) is 52.6 Å². The fourth-order valence-corrected chi connectivity index (χ4v) is 4.34. The molecule has 2 N–H and O–H groups in total. The number of aromatic hydroxyl groups is 1. The lowest BCUT2D eigenvalue weighted by Gasteiger charge is -2.13. The molecular formula is C27H26N2O5. The Morgan fingerprint density at radius 1 is 1.09 bits per heavy atom. The number of benzene rings is 3. The van der Waals surface area contributed by atoms with Crippen LogP contribution in [0.25, 0.3) is 0 Å². The second-order valence-corrected chi connectivity index (χ2v) is 8.14. The van der Waals surface area contributed by atoms with E-state index in [9.17, 15) is 15.1 Å². The first-order chi connectivity index (χ1) is 16.5. The first kappa shape index (κ1) is 23.0. The van der Waals surface area contributed by atoms with Crippen molar-refractivity contribution in [2.45, 2.75) is 32.3 Å². The molecule has 7 nitrogen and oxygen atoms in total. The summed E-state index contributed by atoms with van der Waals surface area (Å²) in [4.78, 5) is 17.4. The van der Waals surface area contributed by atoms with Gasteiger partial charge in [0.25, 0.3) is 0 Å². The third kappa shape index (κ3) is 4.78. The van der Waals surface area contributed by atoms with Gasteiger partial charge in [0, 0.05) is 17.0 Å². The fourth-order valence-electron chi connectivity index (χ4n) is 4.34. The lowest BCUT2D eigenvalue weighted by Crippen LogP contribution is -2.19.